The Morgan fingerprint density at radius 1 is 1.07 bits per heavy atom. The number of aromatic amines is 1. The van der Waals surface area contributed by atoms with Gasteiger partial charge < -0.3 is 24.1 Å². The highest BCUT2D eigenvalue weighted by molar-refractivity contribution is 5.95. The summed E-state index contributed by atoms with van der Waals surface area (Å²) >= 11 is 0. The van der Waals surface area contributed by atoms with Crippen molar-refractivity contribution in [3.8, 4) is 11.5 Å². The average molecular weight is 397 g/mol. The molecule has 0 fully saturated rings. The number of aromatic nitrogens is 2. The largest absolute Gasteiger partial charge is 0.493 e. The number of H-pyrrole nitrogens is 1. The first-order valence-corrected chi connectivity index (χ1v) is 9.05. The van der Waals surface area contributed by atoms with Gasteiger partial charge in [-0.15, -0.1) is 0 Å². The molecule has 1 heterocycles. The third-order valence-corrected chi connectivity index (χ3v) is 4.49. The maximum absolute atomic E-state index is 13.1. The second-order valence-electron chi connectivity index (χ2n) is 6.32. The molecule has 3 rings (SSSR count). The molecule has 0 aliphatic rings. The lowest BCUT2D eigenvalue weighted by Crippen LogP contribution is -2.34. The highest BCUT2D eigenvalue weighted by Gasteiger charge is 2.19. The number of carbonyl (C=O) groups excluding carboxylic acids is 1. The number of nitrogens with one attached hydrogen (secondary N) is 1. The van der Waals surface area contributed by atoms with Gasteiger partial charge in [0.2, 0.25) is 0 Å². The molecule has 0 radical (unpaired) electrons. The molecule has 0 atom stereocenters. The first-order chi connectivity index (χ1) is 14.1. The summed E-state index contributed by atoms with van der Waals surface area (Å²) in [4.78, 5) is 34.3. The van der Waals surface area contributed by atoms with Crippen LogP contribution in [0.25, 0.3) is 10.9 Å². The number of rotatable bonds is 8. The van der Waals surface area contributed by atoms with Gasteiger partial charge in [0.15, 0.2) is 11.5 Å². The zero-order chi connectivity index (χ0) is 20.8. The molecule has 152 valence electrons. The Hall–Kier alpha value is -3.39. The predicted molar refractivity (Wildman–Crippen MR) is 109 cm³/mol. The van der Waals surface area contributed by atoms with E-state index < -0.39 is 0 Å². The SMILES string of the molecule is COCCN(Cc1nc2ccccc2c(=O)[nH]1)C(=O)c1ccc(OC)c(OC)c1. The van der Waals surface area contributed by atoms with Gasteiger partial charge in [0, 0.05) is 19.2 Å². The lowest BCUT2D eigenvalue weighted by molar-refractivity contribution is 0.0675. The van der Waals surface area contributed by atoms with Crippen LogP contribution in [0.4, 0.5) is 0 Å². The van der Waals surface area contributed by atoms with Crippen LogP contribution in [0.2, 0.25) is 0 Å². The van der Waals surface area contributed by atoms with Gasteiger partial charge in [0.1, 0.15) is 5.82 Å². The molecule has 0 aliphatic carbocycles. The minimum atomic E-state index is -0.240. The molecule has 2 aromatic carbocycles. The minimum Gasteiger partial charge on any atom is -0.493 e. The van der Waals surface area contributed by atoms with Crippen LogP contribution >= 0.6 is 0 Å². The number of para-hydroxylation sites is 1. The molecule has 29 heavy (non-hydrogen) atoms. The summed E-state index contributed by atoms with van der Waals surface area (Å²) in [5.41, 5.74) is 0.772. The smallest absolute Gasteiger partial charge is 0.258 e. The van der Waals surface area contributed by atoms with E-state index in [4.69, 9.17) is 14.2 Å². The number of carbonyl (C=O) groups is 1. The van der Waals surface area contributed by atoms with E-state index in [-0.39, 0.29) is 18.0 Å². The van der Waals surface area contributed by atoms with Gasteiger partial charge in [-0.1, -0.05) is 12.1 Å². The molecular weight excluding hydrogens is 374 g/mol. The van der Waals surface area contributed by atoms with Crippen LogP contribution in [0.15, 0.2) is 47.3 Å². The molecule has 0 aliphatic heterocycles. The molecular formula is C21H23N3O5. The van der Waals surface area contributed by atoms with Crippen LogP contribution in [-0.4, -0.2) is 55.3 Å². The Labute approximate surface area is 168 Å². The van der Waals surface area contributed by atoms with Crippen molar-refractivity contribution in [3.63, 3.8) is 0 Å². The van der Waals surface area contributed by atoms with E-state index in [1.165, 1.54) is 14.2 Å². The van der Waals surface area contributed by atoms with Crippen molar-refractivity contribution in [3.05, 3.63) is 64.2 Å². The Kier molecular flexibility index (Phi) is 6.46. The Balaban J connectivity index is 1.92. The molecule has 0 unspecified atom stereocenters. The van der Waals surface area contributed by atoms with Gasteiger partial charge in [-0.2, -0.15) is 0 Å². The highest BCUT2D eigenvalue weighted by atomic mass is 16.5. The fraction of sp³-hybridized carbons (Fsp3) is 0.286. The zero-order valence-electron chi connectivity index (χ0n) is 16.6. The van der Waals surface area contributed by atoms with Gasteiger partial charge in [0.05, 0.1) is 38.3 Å². The van der Waals surface area contributed by atoms with Gasteiger partial charge in [0.25, 0.3) is 11.5 Å². The molecule has 0 bridgehead atoms. The normalized spacial score (nSPS) is 10.7. The van der Waals surface area contributed by atoms with E-state index in [1.807, 2.05) is 6.07 Å². The van der Waals surface area contributed by atoms with Gasteiger partial charge in [-0.25, -0.2) is 4.98 Å². The van der Waals surface area contributed by atoms with E-state index in [2.05, 4.69) is 9.97 Å². The van der Waals surface area contributed by atoms with Gasteiger partial charge in [-0.05, 0) is 30.3 Å². The monoisotopic (exact) mass is 397 g/mol. The van der Waals surface area contributed by atoms with Gasteiger partial charge >= 0.3 is 0 Å². The summed E-state index contributed by atoms with van der Waals surface area (Å²) in [6.45, 7) is 0.813. The van der Waals surface area contributed by atoms with Crippen molar-refractivity contribution >= 4 is 16.8 Å². The number of nitrogens with zero attached hydrogens (tertiary/aromatic N) is 2. The molecule has 8 nitrogen and oxygen atoms in total. The molecule has 0 saturated carbocycles. The topological polar surface area (TPSA) is 93.8 Å². The summed E-state index contributed by atoms with van der Waals surface area (Å²) in [6.07, 6.45) is 0. The number of benzene rings is 2. The first kappa shape index (κ1) is 20.3. The van der Waals surface area contributed by atoms with Gasteiger partial charge in [-0.3, -0.25) is 9.59 Å². The second kappa shape index (κ2) is 9.20. The number of fused-ring (bicyclic) bond motifs is 1. The standard InChI is InChI=1S/C21H23N3O5/c1-27-11-10-24(21(26)14-8-9-17(28-2)18(12-14)29-3)13-19-22-16-7-5-4-6-15(16)20(25)23-19/h4-9,12H,10-11,13H2,1-3H3,(H,22,23,25). The Morgan fingerprint density at radius 2 is 1.83 bits per heavy atom. The molecule has 0 spiro atoms. The van der Waals surface area contributed by atoms with Crippen LogP contribution in [0.1, 0.15) is 16.2 Å². The van der Waals surface area contributed by atoms with Crippen LogP contribution in [0.3, 0.4) is 0 Å². The highest BCUT2D eigenvalue weighted by Crippen LogP contribution is 2.28. The maximum atomic E-state index is 13.1. The summed E-state index contributed by atoms with van der Waals surface area (Å²) in [6, 6.07) is 12.0. The quantitative estimate of drug-likeness (QED) is 0.627. The first-order valence-electron chi connectivity index (χ1n) is 9.05. The number of amides is 1. The number of hydrogen-bond acceptors (Lipinski definition) is 6. The van der Waals surface area contributed by atoms with E-state index in [0.29, 0.717) is 46.9 Å². The van der Waals surface area contributed by atoms with E-state index in [9.17, 15) is 9.59 Å². The molecule has 1 aromatic heterocycles. The summed E-state index contributed by atoms with van der Waals surface area (Å²) in [5, 5.41) is 0.505. The molecule has 1 N–H and O–H groups in total. The number of ether oxygens (including phenoxy) is 3. The number of hydrogen-bond donors (Lipinski definition) is 1. The fourth-order valence-corrected chi connectivity index (χ4v) is 3.00. The Morgan fingerprint density at radius 3 is 2.55 bits per heavy atom. The van der Waals surface area contributed by atoms with Crippen molar-refractivity contribution in [2.75, 3.05) is 34.5 Å². The average Bonchev–Trinajstić information content (AvgIpc) is 2.75. The second-order valence-corrected chi connectivity index (χ2v) is 6.32. The molecule has 0 saturated heterocycles. The van der Waals surface area contributed by atoms with Crippen molar-refractivity contribution in [1.82, 2.24) is 14.9 Å². The van der Waals surface area contributed by atoms with Crippen LogP contribution in [0.5, 0.6) is 11.5 Å². The number of methoxy groups -OCH3 is 3. The predicted octanol–water partition coefficient (Wildman–Crippen LogP) is 2.23. The zero-order valence-corrected chi connectivity index (χ0v) is 16.6. The van der Waals surface area contributed by atoms with Crippen molar-refractivity contribution in [1.29, 1.82) is 0 Å². The van der Waals surface area contributed by atoms with Crippen molar-refractivity contribution in [2.45, 2.75) is 6.54 Å². The van der Waals surface area contributed by atoms with Crippen LogP contribution < -0.4 is 15.0 Å². The Bertz CT molecular complexity index is 1060. The van der Waals surface area contributed by atoms with Crippen molar-refractivity contribution < 1.29 is 19.0 Å². The van der Waals surface area contributed by atoms with Crippen molar-refractivity contribution in [2.24, 2.45) is 0 Å². The summed E-state index contributed by atoms with van der Waals surface area (Å²) in [5.74, 6) is 1.16. The lowest BCUT2D eigenvalue weighted by Gasteiger charge is -2.22. The van der Waals surface area contributed by atoms with E-state index in [1.54, 1.807) is 48.4 Å². The van der Waals surface area contributed by atoms with Crippen LogP contribution in [0, 0.1) is 0 Å². The summed E-state index contributed by atoms with van der Waals surface area (Å²) in [7, 11) is 4.61. The molecule has 1 amide bonds. The minimum absolute atomic E-state index is 0.136. The molecule has 3 aromatic rings. The third kappa shape index (κ3) is 4.55. The van der Waals surface area contributed by atoms with Crippen LogP contribution in [-0.2, 0) is 11.3 Å². The fourth-order valence-electron chi connectivity index (χ4n) is 3.00. The molecule has 8 heteroatoms. The third-order valence-electron chi connectivity index (χ3n) is 4.49. The van der Waals surface area contributed by atoms with E-state index in [0.717, 1.165) is 0 Å². The lowest BCUT2D eigenvalue weighted by atomic mass is 10.1. The summed E-state index contributed by atoms with van der Waals surface area (Å²) < 4.78 is 15.7. The maximum Gasteiger partial charge on any atom is 0.258 e. The van der Waals surface area contributed by atoms with E-state index >= 15 is 0 Å².